The van der Waals surface area contributed by atoms with Gasteiger partial charge in [-0.2, -0.15) is 0 Å². The van der Waals surface area contributed by atoms with Gasteiger partial charge in [0.25, 0.3) is 0 Å². The van der Waals surface area contributed by atoms with Gasteiger partial charge < -0.3 is 0 Å². The minimum Gasteiger partial charge on any atom is -0.128 e. The molecule has 0 spiro atoms. The molecule has 0 saturated carbocycles. The van der Waals surface area contributed by atoms with Crippen LogP contribution in [0.4, 0.5) is 0 Å². The van der Waals surface area contributed by atoms with Crippen LogP contribution >= 0.6 is 77.7 Å². The molecule has 0 fully saturated rings. The summed E-state index contributed by atoms with van der Waals surface area (Å²) in [6.07, 6.45) is 0. The maximum absolute atomic E-state index is 6.33. The summed E-state index contributed by atoms with van der Waals surface area (Å²) >= 11 is 22.9. The molecule has 0 aromatic carbocycles. The Balaban J connectivity index is 2.06. The molecule has 0 unspecified atom stereocenters. The average molecular weight is 431 g/mol. The van der Waals surface area contributed by atoms with Gasteiger partial charge >= 0.3 is 0 Å². The molecule has 3 rings (SSSR count). The number of hydrogen-bond donors (Lipinski definition) is 0. The van der Waals surface area contributed by atoms with Crippen molar-refractivity contribution in [1.82, 2.24) is 0 Å². The van der Waals surface area contributed by atoms with Gasteiger partial charge in [0.2, 0.25) is 0 Å². The minimum atomic E-state index is -0.825. The maximum atomic E-state index is 6.33. The molecule has 0 N–H and O–H groups in total. The molecule has 0 saturated heterocycles. The van der Waals surface area contributed by atoms with Crippen molar-refractivity contribution in [3.05, 3.63) is 41.6 Å². The lowest BCUT2D eigenvalue weighted by Crippen LogP contribution is -1.90. The summed E-state index contributed by atoms with van der Waals surface area (Å²) in [7, 11) is 0. The topological polar surface area (TPSA) is 0 Å². The van der Waals surface area contributed by atoms with Crippen LogP contribution in [0.2, 0.25) is 0 Å². The van der Waals surface area contributed by atoms with Crippen molar-refractivity contribution in [2.75, 3.05) is 0 Å². The maximum Gasteiger partial charge on any atom is 0.171 e. The molecule has 2 aromatic heterocycles. The van der Waals surface area contributed by atoms with Crippen LogP contribution in [-0.4, -0.2) is 4.33 Å². The van der Waals surface area contributed by atoms with Gasteiger partial charge in [-0.1, -0.05) is 23.2 Å². The Labute approximate surface area is 134 Å². The van der Waals surface area contributed by atoms with Crippen molar-refractivity contribution >= 4 is 88.9 Å². The van der Waals surface area contributed by atoms with E-state index in [2.05, 4.69) is 31.9 Å². The second-order valence-electron chi connectivity index (χ2n) is 3.53. The van der Waals surface area contributed by atoms with Gasteiger partial charge in [0.05, 0.1) is 7.57 Å². The number of hydrogen-bond acceptors (Lipinski definition) is 2. The molecule has 0 bridgehead atoms. The molecule has 0 radical (unpaired) electrons. The van der Waals surface area contributed by atoms with Crippen molar-refractivity contribution in [3.63, 3.8) is 0 Å². The third-order valence-corrected chi connectivity index (χ3v) is 6.49. The van der Waals surface area contributed by atoms with Crippen molar-refractivity contribution in [2.24, 2.45) is 0 Å². The summed E-state index contributed by atoms with van der Waals surface area (Å²) in [6, 6.07) is 8.10. The molecule has 2 aromatic rings. The largest absolute Gasteiger partial charge is 0.171 e. The van der Waals surface area contributed by atoms with Crippen LogP contribution in [0, 0.1) is 0 Å². The summed E-state index contributed by atoms with van der Waals surface area (Å²) in [5.41, 5.74) is 2.07. The standard InChI is InChI=1S/C11H4Br2Cl2S2/c12-7-3-1-5(16-7)9-10(11(9,14)15)6-2-4-8(13)17-6/h1-4H. The van der Waals surface area contributed by atoms with Crippen LogP contribution in [0.1, 0.15) is 9.75 Å². The van der Waals surface area contributed by atoms with Crippen LogP contribution in [0.3, 0.4) is 0 Å². The van der Waals surface area contributed by atoms with Crippen molar-refractivity contribution in [1.29, 1.82) is 0 Å². The highest BCUT2D eigenvalue weighted by Gasteiger charge is 2.53. The van der Waals surface area contributed by atoms with E-state index < -0.39 is 4.33 Å². The highest BCUT2D eigenvalue weighted by atomic mass is 79.9. The molecule has 2 heterocycles. The zero-order valence-corrected chi connectivity index (χ0v) is 14.5. The number of alkyl halides is 2. The summed E-state index contributed by atoms with van der Waals surface area (Å²) in [6.45, 7) is 0. The molecular formula is C11H4Br2Cl2S2. The normalized spacial score (nSPS) is 17.6. The lowest BCUT2D eigenvalue weighted by molar-refractivity contribution is 1.54. The van der Waals surface area contributed by atoms with Crippen LogP contribution in [0.15, 0.2) is 31.8 Å². The minimum absolute atomic E-state index is 0.825. The van der Waals surface area contributed by atoms with Gasteiger partial charge in [0.1, 0.15) is 0 Å². The first-order valence-corrected chi connectivity index (χ1v) is 8.62. The summed E-state index contributed by atoms with van der Waals surface area (Å²) in [5, 5.41) is 0. The first-order valence-electron chi connectivity index (χ1n) is 4.64. The molecule has 0 aliphatic heterocycles. The van der Waals surface area contributed by atoms with E-state index >= 15 is 0 Å². The van der Waals surface area contributed by atoms with E-state index in [1.54, 1.807) is 22.7 Å². The van der Waals surface area contributed by atoms with Gasteiger partial charge in [-0.25, -0.2) is 0 Å². The molecule has 0 atom stereocenters. The molecular weight excluding hydrogens is 427 g/mol. The van der Waals surface area contributed by atoms with Crippen LogP contribution in [0.25, 0.3) is 11.1 Å². The van der Waals surface area contributed by atoms with Crippen LogP contribution in [0.5, 0.6) is 0 Å². The highest BCUT2D eigenvalue weighted by molar-refractivity contribution is 9.11. The fourth-order valence-corrected chi connectivity index (χ4v) is 5.59. The number of thiophene rings is 2. The Bertz CT molecular complexity index is 573. The monoisotopic (exact) mass is 428 g/mol. The van der Waals surface area contributed by atoms with Gasteiger partial charge in [-0.05, 0) is 56.1 Å². The Kier molecular flexibility index (Phi) is 3.26. The quantitative estimate of drug-likeness (QED) is 0.481. The summed E-state index contributed by atoms with van der Waals surface area (Å²) in [4.78, 5) is 2.25. The van der Waals surface area contributed by atoms with Crippen molar-refractivity contribution < 1.29 is 0 Å². The lowest BCUT2D eigenvalue weighted by Gasteiger charge is -1.97. The van der Waals surface area contributed by atoms with Crippen LogP contribution < -0.4 is 0 Å². The zero-order valence-electron chi connectivity index (χ0n) is 8.14. The van der Waals surface area contributed by atoms with E-state index in [0.29, 0.717) is 0 Å². The van der Waals surface area contributed by atoms with Gasteiger partial charge in [0, 0.05) is 20.9 Å². The van der Waals surface area contributed by atoms with E-state index in [9.17, 15) is 0 Å². The molecule has 0 amide bonds. The Morgan fingerprint density at radius 3 is 1.53 bits per heavy atom. The molecule has 88 valence electrons. The predicted molar refractivity (Wildman–Crippen MR) is 85.3 cm³/mol. The van der Waals surface area contributed by atoms with Gasteiger partial charge in [-0.15, -0.1) is 22.7 Å². The fourth-order valence-electron chi connectivity index (χ4n) is 1.69. The summed E-state index contributed by atoms with van der Waals surface area (Å²) in [5.74, 6) is 0. The predicted octanol–water partition coefficient (Wildman–Crippen LogP) is 6.43. The Morgan fingerprint density at radius 2 is 1.24 bits per heavy atom. The highest BCUT2D eigenvalue weighted by Crippen LogP contribution is 2.65. The smallest absolute Gasteiger partial charge is 0.128 e. The number of halogens is 4. The van der Waals surface area contributed by atoms with Crippen molar-refractivity contribution in [2.45, 2.75) is 4.33 Å². The summed E-state index contributed by atoms with van der Waals surface area (Å²) < 4.78 is 1.35. The fraction of sp³-hybridized carbons (Fsp3) is 0.0909. The molecule has 1 aliphatic carbocycles. The van der Waals surface area contributed by atoms with E-state index in [0.717, 1.165) is 28.5 Å². The van der Waals surface area contributed by atoms with Crippen LogP contribution in [-0.2, 0) is 0 Å². The molecule has 6 heteroatoms. The van der Waals surface area contributed by atoms with E-state index in [-0.39, 0.29) is 0 Å². The first-order chi connectivity index (χ1) is 8.00. The van der Waals surface area contributed by atoms with E-state index in [1.807, 2.05) is 24.3 Å². The molecule has 1 aliphatic rings. The Morgan fingerprint density at radius 1 is 0.824 bits per heavy atom. The third-order valence-electron chi connectivity index (χ3n) is 2.45. The Hall–Kier alpha value is 0.680. The van der Waals surface area contributed by atoms with Gasteiger partial charge in [-0.3, -0.25) is 0 Å². The van der Waals surface area contributed by atoms with E-state index in [1.165, 1.54) is 0 Å². The second-order valence-corrected chi connectivity index (χ2v) is 9.79. The third kappa shape index (κ3) is 2.17. The SMILES string of the molecule is ClC1(Cl)C(c2ccc(Br)s2)=C1c1ccc(Br)s1. The number of rotatable bonds is 2. The zero-order chi connectivity index (χ0) is 12.2. The van der Waals surface area contributed by atoms with E-state index in [4.69, 9.17) is 23.2 Å². The number of allylic oxidation sites excluding steroid dienone is 2. The second kappa shape index (κ2) is 4.36. The first kappa shape index (κ1) is 12.7. The molecule has 17 heavy (non-hydrogen) atoms. The van der Waals surface area contributed by atoms with Crippen molar-refractivity contribution in [3.8, 4) is 0 Å². The average Bonchev–Trinajstić information content (AvgIpc) is 2.63. The van der Waals surface area contributed by atoms with Gasteiger partial charge in [0.15, 0.2) is 4.33 Å². The lowest BCUT2D eigenvalue weighted by atomic mass is 10.4. The molecule has 0 nitrogen and oxygen atoms in total.